The number of hydrogen-bond acceptors (Lipinski definition) is 4. The van der Waals surface area contributed by atoms with E-state index in [0.717, 1.165) is 5.56 Å². The minimum absolute atomic E-state index is 0. The van der Waals surface area contributed by atoms with Gasteiger partial charge in [0, 0.05) is 63.8 Å². The molecule has 0 aliphatic heterocycles. The van der Waals surface area contributed by atoms with Gasteiger partial charge in [-0.05, 0) is 12.5 Å². The van der Waals surface area contributed by atoms with E-state index in [4.69, 9.17) is 0 Å². The molecule has 0 unspecified atom stereocenters. The summed E-state index contributed by atoms with van der Waals surface area (Å²) in [6, 6.07) is 9.54. The Labute approximate surface area is 163 Å². The van der Waals surface area contributed by atoms with E-state index in [-0.39, 0.29) is 51.4 Å². The van der Waals surface area contributed by atoms with Crippen LogP contribution in [0.1, 0.15) is 12.5 Å². The van der Waals surface area contributed by atoms with Gasteiger partial charge in [-0.15, -0.1) is 0 Å². The van der Waals surface area contributed by atoms with Crippen LogP contribution in [0.15, 0.2) is 41.5 Å². The topological polar surface area (TPSA) is 75.8 Å². The monoisotopic (exact) mass is 308 g/mol. The van der Waals surface area contributed by atoms with Crippen molar-refractivity contribution in [2.24, 2.45) is 0 Å². The fraction of sp³-hybridized carbons (Fsp3) is 0.214. The molecule has 2 aromatic heterocycles. The predicted molar refractivity (Wildman–Crippen MR) is 78.2 cm³/mol. The van der Waals surface area contributed by atoms with E-state index in [9.17, 15) is 9.90 Å². The van der Waals surface area contributed by atoms with E-state index in [0.29, 0.717) is 24.3 Å². The standard InChI is InChI=1S/C14H14N4O2.K/c1-2-17-9-15-12-11(17)13(19)16-14(20)18(12)8-10-6-4-3-5-7-10;/h3-7,9H,2,8H2,1H3,(H,16,19,20);/p-1. The molecule has 0 aliphatic rings. The third-order valence-corrected chi connectivity index (χ3v) is 3.23. The summed E-state index contributed by atoms with van der Waals surface area (Å²) >= 11 is 0. The zero-order chi connectivity index (χ0) is 14.1. The molecule has 0 spiro atoms. The van der Waals surface area contributed by atoms with E-state index in [1.54, 1.807) is 10.9 Å². The third kappa shape index (κ3) is 3.12. The largest absolute Gasteiger partial charge is 0.857 e. The molecule has 0 amide bonds. The molecule has 1 radical (unpaired) electrons. The molecule has 0 bridgehead atoms. The van der Waals surface area contributed by atoms with Crippen molar-refractivity contribution in [3.8, 4) is 5.88 Å². The molecular formula is C14H13KN4O2-. The van der Waals surface area contributed by atoms with Gasteiger partial charge in [0.15, 0.2) is 5.65 Å². The zero-order valence-electron chi connectivity index (χ0n) is 12.0. The predicted octanol–water partition coefficient (Wildman–Crippen LogP) is 0.354. The van der Waals surface area contributed by atoms with Gasteiger partial charge in [0.2, 0.25) is 0 Å². The van der Waals surface area contributed by atoms with E-state index < -0.39 is 11.6 Å². The molecule has 0 saturated heterocycles. The second-order valence-corrected chi connectivity index (χ2v) is 4.47. The summed E-state index contributed by atoms with van der Waals surface area (Å²) in [5.41, 5.74) is 1.17. The smallest absolute Gasteiger partial charge is 0.349 e. The average molecular weight is 308 g/mol. The SMILES string of the molecule is CCn1cnc2c1c([O-])nc(=O)n2Cc1ccccc1.[K]. The number of hydrogen-bond donors (Lipinski definition) is 0. The maximum absolute atomic E-state index is 12.0. The van der Waals surface area contributed by atoms with Gasteiger partial charge in [0.1, 0.15) is 0 Å². The molecule has 0 saturated carbocycles. The van der Waals surface area contributed by atoms with Crippen LogP contribution in [-0.2, 0) is 13.1 Å². The Kier molecular flexibility index (Phi) is 5.34. The molecular weight excluding hydrogens is 295 g/mol. The molecule has 21 heavy (non-hydrogen) atoms. The van der Waals surface area contributed by atoms with Crippen molar-refractivity contribution in [3.63, 3.8) is 0 Å². The van der Waals surface area contributed by atoms with Gasteiger partial charge < -0.3 is 9.67 Å². The molecule has 0 atom stereocenters. The van der Waals surface area contributed by atoms with Gasteiger partial charge in [0.25, 0.3) is 0 Å². The molecule has 0 N–H and O–H groups in total. The summed E-state index contributed by atoms with van der Waals surface area (Å²) in [5, 5.41) is 11.9. The Morgan fingerprint density at radius 1 is 1.24 bits per heavy atom. The molecule has 3 rings (SSSR count). The summed E-state index contributed by atoms with van der Waals surface area (Å²) in [5.74, 6) is -0.520. The van der Waals surface area contributed by atoms with Crippen LogP contribution in [0.4, 0.5) is 0 Å². The molecule has 103 valence electrons. The quantitative estimate of drug-likeness (QED) is 0.655. The van der Waals surface area contributed by atoms with E-state index in [1.165, 1.54) is 4.57 Å². The minimum atomic E-state index is -0.562. The van der Waals surface area contributed by atoms with Crippen LogP contribution in [0, 0.1) is 0 Å². The summed E-state index contributed by atoms with van der Waals surface area (Å²) in [6.07, 6.45) is 1.56. The van der Waals surface area contributed by atoms with Crippen molar-refractivity contribution in [1.82, 2.24) is 19.1 Å². The first-order valence-electron chi connectivity index (χ1n) is 6.37. The first kappa shape index (κ1) is 16.4. The van der Waals surface area contributed by atoms with E-state index in [1.807, 2.05) is 37.3 Å². The first-order chi connectivity index (χ1) is 9.70. The van der Waals surface area contributed by atoms with Crippen molar-refractivity contribution in [2.45, 2.75) is 20.0 Å². The molecule has 0 aliphatic carbocycles. The number of benzene rings is 1. The number of aryl methyl sites for hydroxylation is 1. The summed E-state index contributed by atoms with van der Waals surface area (Å²) in [4.78, 5) is 19.7. The van der Waals surface area contributed by atoms with Crippen molar-refractivity contribution < 1.29 is 5.11 Å². The van der Waals surface area contributed by atoms with Crippen molar-refractivity contribution >= 4 is 62.5 Å². The Balaban J connectivity index is 0.00000161. The number of imidazole rings is 1. The van der Waals surface area contributed by atoms with Gasteiger partial charge in [-0.2, -0.15) is 0 Å². The maximum atomic E-state index is 12.0. The minimum Gasteiger partial charge on any atom is -0.857 e. The summed E-state index contributed by atoms with van der Waals surface area (Å²) in [7, 11) is 0. The van der Waals surface area contributed by atoms with Crippen molar-refractivity contribution in [1.29, 1.82) is 0 Å². The van der Waals surface area contributed by atoms with E-state index in [2.05, 4.69) is 9.97 Å². The van der Waals surface area contributed by atoms with Crippen molar-refractivity contribution in [2.75, 3.05) is 0 Å². The van der Waals surface area contributed by atoms with Crippen LogP contribution < -0.4 is 10.8 Å². The van der Waals surface area contributed by atoms with Gasteiger partial charge in [-0.3, -0.25) is 4.57 Å². The number of fused-ring (bicyclic) bond motifs is 1. The number of rotatable bonds is 3. The van der Waals surface area contributed by atoms with Crippen LogP contribution in [0.5, 0.6) is 5.88 Å². The van der Waals surface area contributed by atoms with Gasteiger partial charge in [0.05, 0.1) is 18.4 Å². The molecule has 6 nitrogen and oxygen atoms in total. The maximum Gasteiger partial charge on any atom is 0.349 e. The first-order valence-corrected chi connectivity index (χ1v) is 6.37. The van der Waals surface area contributed by atoms with Crippen LogP contribution in [0.3, 0.4) is 0 Å². The molecule has 7 heteroatoms. The second kappa shape index (κ2) is 6.84. The molecule has 0 fully saturated rings. The van der Waals surface area contributed by atoms with Gasteiger partial charge in [-0.25, -0.2) is 14.8 Å². The summed E-state index contributed by atoms with van der Waals surface area (Å²) < 4.78 is 3.13. The van der Waals surface area contributed by atoms with Crippen molar-refractivity contribution in [3.05, 3.63) is 52.7 Å². The number of nitrogens with zero attached hydrogens (tertiary/aromatic N) is 4. The fourth-order valence-electron chi connectivity index (χ4n) is 2.23. The van der Waals surface area contributed by atoms with Gasteiger partial charge in [-0.1, -0.05) is 30.3 Å². The Morgan fingerprint density at radius 2 is 1.95 bits per heavy atom. The fourth-order valence-corrected chi connectivity index (χ4v) is 2.23. The normalized spacial score (nSPS) is 10.5. The third-order valence-electron chi connectivity index (χ3n) is 3.23. The van der Waals surface area contributed by atoms with E-state index >= 15 is 0 Å². The second-order valence-electron chi connectivity index (χ2n) is 4.47. The zero-order valence-corrected chi connectivity index (χ0v) is 15.1. The molecule has 1 aromatic carbocycles. The van der Waals surface area contributed by atoms with Crippen LogP contribution >= 0.6 is 0 Å². The Morgan fingerprint density at radius 3 is 2.62 bits per heavy atom. The van der Waals surface area contributed by atoms with Crippen LogP contribution in [-0.4, -0.2) is 70.5 Å². The number of aromatic nitrogens is 4. The van der Waals surface area contributed by atoms with Gasteiger partial charge >= 0.3 is 5.69 Å². The average Bonchev–Trinajstić information content (AvgIpc) is 2.89. The molecule has 2 heterocycles. The Hall–Kier alpha value is -0.994. The van der Waals surface area contributed by atoms with Crippen LogP contribution in [0.2, 0.25) is 0 Å². The molecule has 3 aromatic rings. The summed E-state index contributed by atoms with van der Waals surface area (Å²) in [6.45, 7) is 2.87. The van der Waals surface area contributed by atoms with Crippen LogP contribution in [0.25, 0.3) is 11.2 Å². The Bertz CT molecular complexity index is 811.